The fraction of sp³-hybridized carbons (Fsp3) is 0.286. The zero-order valence-electron chi connectivity index (χ0n) is 16.0. The molecule has 5 atom stereocenters. The van der Waals surface area contributed by atoms with Crippen LogP contribution in [0.1, 0.15) is 0 Å². The van der Waals surface area contributed by atoms with E-state index in [1.807, 2.05) is 0 Å². The maximum absolute atomic E-state index is 12.8. The molecule has 1 aliphatic rings. The van der Waals surface area contributed by atoms with Gasteiger partial charge in [-0.1, -0.05) is 12.1 Å². The Morgan fingerprint density at radius 3 is 2.35 bits per heavy atom. The predicted molar refractivity (Wildman–Crippen MR) is 106 cm³/mol. The lowest BCUT2D eigenvalue weighted by Crippen LogP contribution is -2.60. The van der Waals surface area contributed by atoms with Crippen LogP contribution in [0.3, 0.4) is 0 Å². The molecular weight excluding hydrogens is 412 g/mol. The highest BCUT2D eigenvalue weighted by molar-refractivity contribution is 5.88. The number of phenols is 2. The molecule has 2 aromatic carbocycles. The molecule has 0 unspecified atom stereocenters. The van der Waals surface area contributed by atoms with E-state index >= 15 is 0 Å². The second kappa shape index (κ2) is 8.17. The fourth-order valence-electron chi connectivity index (χ4n) is 3.43. The first-order chi connectivity index (χ1) is 14.8. The van der Waals surface area contributed by atoms with E-state index in [-0.39, 0.29) is 28.0 Å². The summed E-state index contributed by atoms with van der Waals surface area (Å²) in [4.78, 5) is 12.8. The molecule has 6 N–H and O–H groups in total. The minimum atomic E-state index is -1.57. The molecule has 164 valence electrons. The highest BCUT2D eigenvalue weighted by atomic mass is 16.7. The van der Waals surface area contributed by atoms with Crippen molar-refractivity contribution in [1.29, 1.82) is 0 Å². The minimum absolute atomic E-state index is 0.0359. The Kier molecular flexibility index (Phi) is 5.56. The molecule has 1 saturated heterocycles. The Balaban J connectivity index is 1.59. The van der Waals surface area contributed by atoms with E-state index in [0.29, 0.717) is 5.56 Å². The van der Waals surface area contributed by atoms with Gasteiger partial charge in [-0.05, 0) is 17.7 Å². The first kappa shape index (κ1) is 21.1. The summed E-state index contributed by atoms with van der Waals surface area (Å²) in [6.45, 7) is -0.577. The maximum Gasteiger partial charge on any atom is 0.229 e. The molecule has 0 saturated carbocycles. The molecule has 1 fully saturated rings. The fourth-order valence-corrected chi connectivity index (χ4v) is 3.43. The zero-order valence-corrected chi connectivity index (χ0v) is 16.0. The van der Waals surface area contributed by atoms with E-state index < -0.39 is 48.5 Å². The number of hydrogen-bond donors (Lipinski definition) is 6. The molecule has 31 heavy (non-hydrogen) atoms. The monoisotopic (exact) mass is 432 g/mol. The number of fused-ring (bicyclic) bond motifs is 1. The van der Waals surface area contributed by atoms with Crippen LogP contribution in [0.15, 0.2) is 51.9 Å². The Morgan fingerprint density at radius 2 is 1.68 bits per heavy atom. The van der Waals surface area contributed by atoms with E-state index in [0.717, 1.165) is 6.07 Å². The Hall–Kier alpha value is -3.15. The average molecular weight is 432 g/mol. The van der Waals surface area contributed by atoms with Gasteiger partial charge in [0, 0.05) is 12.1 Å². The molecule has 3 aromatic rings. The number of aliphatic hydroxyl groups excluding tert-OH is 4. The van der Waals surface area contributed by atoms with Crippen molar-refractivity contribution in [3.8, 4) is 28.4 Å². The van der Waals surface area contributed by atoms with E-state index in [4.69, 9.17) is 13.9 Å². The van der Waals surface area contributed by atoms with Crippen LogP contribution < -0.4 is 10.2 Å². The van der Waals surface area contributed by atoms with E-state index in [1.165, 1.54) is 36.6 Å². The Labute approximate surface area is 174 Å². The van der Waals surface area contributed by atoms with Gasteiger partial charge in [-0.3, -0.25) is 4.79 Å². The lowest BCUT2D eigenvalue weighted by atomic mass is 9.99. The predicted octanol–water partition coefficient (Wildman–Crippen LogP) is 0.0499. The molecule has 1 aromatic heterocycles. The van der Waals surface area contributed by atoms with Crippen LogP contribution in [-0.4, -0.2) is 68.0 Å². The highest BCUT2D eigenvalue weighted by Gasteiger charge is 2.44. The van der Waals surface area contributed by atoms with E-state index in [2.05, 4.69) is 0 Å². The Morgan fingerprint density at radius 1 is 0.968 bits per heavy atom. The maximum atomic E-state index is 12.8. The quantitative estimate of drug-likeness (QED) is 0.331. The molecule has 0 aliphatic carbocycles. The van der Waals surface area contributed by atoms with Crippen LogP contribution in [0, 0.1) is 0 Å². The summed E-state index contributed by atoms with van der Waals surface area (Å²) in [7, 11) is 0. The number of benzene rings is 2. The molecular formula is C21H20O10. The molecule has 0 spiro atoms. The molecule has 4 rings (SSSR count). The number of rotatable bonds is 4. The summed E-state index contributed by atoms with van der Waals surface area (Å²) in [5.74, 6) is -0.421. The highest BCUT2D eigenvalue weighted by Crippen LogP contribution is 2.30. The average Bonchev–Trinajstić information content (AvgIpc) is 2.74. The van der Waals surface area contributed by atoms with Gasteiger partial charge in [-0.15, -0.1) is 0 Å². The first-order valence-corrected chi connectivity index (χ1v) is 9.35. The molecule has 10 nitrogen and oxygen atoms in total. The van der Waals surface area contributed by atoms with E-state index in [1.54, 1.807) is 0 Å². The lowest BCUT2D eigenvalue weighted by molar-refractivity contribution is -0.277. The van der Waals surface area contributed by atoms with Gasteiger partial charge in [0.2, 0.25) is 11.7 Å². The molecule has 1 aliphatic heterocycles. The first-order valence-electron chi connectivity index (χ1n) is 9.35. The molecule has 10 heteroatoms. The van der Waals surface area contributed by atoms with Crippen LogP contribution in [0.2, 0.25) is 0 Å². The van der Waals surface area contributed by atoms with Crippen LogP contribution in [0.5, 0.6) is 17.2 Å². The number of aliphatic hydroxyl groups is 4. The van der Waals surface area contributed by atoms with Gasteiger partial charge in [-0.2, -0.15) is 0 Å². The third-order valence-corrected chi connectivity index (χ3v) is 5.11. The van der Waals surface area contributed by atoms with Crippen molar-refractivity contribution in [3.05, 3.63) is 52.9 Å². The standard InChI is InChI=1S/C21H20O10/c22-7-15-18(26)19(27)20(28)21(31-15)30-11-3-1-9(2-4-11)12-8-29-14-6-10(23)5-13(24)16(14)17(12)25/h1-6,8,15,18-24,26-28H,7H2/t15-,18-,19-,20+,21-/m0/s1. The van der Waals surface area contributed by atoms with Crippen LogP contribution >= 0.6 is 0 Å². The summed E-state index contributed by atoms with van der Waals surface area (Å²) in [5.41, 5.74) is 0.146. The summed E-state index contributed by atoms with van der Waals surface area (Å²) >= 11 is 0. The Bertz CT molecular complexity index is 1140. The molecule has 2 heterocycles. The number of phenolic OH excluding ortho intramolecular Hbond substituents is 2. The van der Waals surface area contributed by atoms with E-state index in [9.17, 15) is 35.4 Å². The summed E-state index contributed by atoms with van der Waals surface area (Å²) < 4.78 is 16.2. The van der Waals surface area contributed by atoms with Crippen molar-refractivity contribution in [3.63, 3.8) is 0 Å². The topological polar surface area (TPSA) is 170 Å². The smallest absolute Gasteiger partial charge is 0.229 e. The normalized spacial score (nSPS) is 26.1. The van der Waals surface area contributed by atoms with Gasteiger partial charge < -0.3 is 44.5 Å². The second-order valence-electron chi connectivity index (χ2n) is 7.16. The largest absolute Gasteiger partial charge is 0.508 e. The van der Waals surface area contributed by atoms with Crippen molar-refractivity contribution in [2.24, 2.45) is 0 Å². The molecule has 0 bridgehead atoms. The lowest BCUT2D eigenvalue weighted by Gasteiger charge is -2.39. The van der Waals surface area contributed by atoms with Crippen molar-refractivity contribution >= 4 is 11.0 Å². The van der Waals surface area contributed by atoms with Gasteiger partial charge in [0.1, 0.15) is 58.9 Å². The summed E-state index contributed by atoms with van der Waals surface area (Å²) in [5, 5.41) is 58.4. The van der Waals surface area contributed by atoms with Crippen molar-refractivity contribution < 1.29 is 44.5 Å². The van der Waals surface area contributed by atoms with Gasteiger partial charge in [-0.25, -0.2) is 0 Å². The third-order valence-electron chi connectivity index (χ3n) is 5.11. The van der Waals surface area contributed by atoms with Gasteiger partial charge in [0.25, 0.3) is 0 Å². The van der Waals surface area contributed by atoms with Crippen molar-refractivity contribution in [1.82, 2.24) is 0 Å². The summed E-state index contributed by atoms with van der Waals surface area (Å²) in [6, 6.07) is 8.30. The van der Waals surface area contributed by atoms with Gasteiger partial charge >= 0.3 is 0 Å². The second-order valence-corrected chi connectivity index (χ2v) is 7.16. The number of ether oxygens (including phenoxy) is 2. The third kappa shape index (κ3) is 3.82. The molecule has 0 amide bonds. The van der Waals surface area contributed by atoms with Crippen molar-refractivity contribution in [2.75, 3.05) is 6.61 Å². The minimum Gasteiger partial charge on any atom is -0.508 e. The molecule has 0 radical (unpaired) electrons. The SMILES string of the molecule is O=c1c(-c2ccc(O[C@H]3O[C@@H](CO)[C@H](O)[C@H](O)[C@H]3O)cc2)coc2cc(O)cc(O)c12. The van der Waals surface area contributed by atoms with Crippen LogP contribution in [0.25, 0.3) is 22.1 Å². The number of aromatic hydroxyl groups is 2. The van der Waals surface area contributed by atoms with Crippen molar-refractivity contribution in [2.45, 2.75) is 30.7 Å². The van der Waals surface area contributed by atoms with Gasteiger partial charge in [0.05, 0.1) is 12.2 Å². The number of hydrogen-bond acceptors (Lipinski definition) is 10. The van der Waals surface area contributed by atoms with Crippen LogP contribution in [-0.2, 0) is 4.74 Å². The van der Waals surface area contributed by atoms with Crippen LogP contribution in [0.4, 0.5) is 0 Å². The van der Waals surface area contributed by atoms with Gasteiger partial charge in [0.15, 0.2) is 0 Å². The zero-order chi connectivity index (χ0) is 22.3. The summed E-state index contributed by atoms with van der Waals surface area (Å²) in [6.07, 6.45) is -5.84.